The van der Waals surface area contributed by atoms with Crippen LogP contribution in [-0.2, 0) is 16.1 Å². The van der Waals surface area contributed by atoms with Crippen LogP contribution in [0.2, 0.25) is 0 Å². The van der Waals surface area contributed by atoms with Crippen molar-refractivity contribution >= 4 is 40.7 Å². The molecule has 0 aliphatic carbocycles. The molecule has 1 amide bonds. The average Bonchev–Trinajstić information content (AvgIpc) is 2.41. The highest BCUT2D eigenvalue weighted by Gasteiger charge is 2.34. The minimum absolute atomic E-state index is 0.184. The number of hydrogen-bond acceptors (Lipinski definition) is 2. The predicted molar refractivity (Wildman–Crippen MR) is 83.0 cm³/mol. The molecule has 1 unspecified atom stereocenters. The summed E-state index contributed by atoms with van der Waals surface area (Å²) in [6.45, 7) is 2.26. The summed E-state index contributed by atoms with van der Waals surface area (Å²) in [6.07, 6.45) is 1.13. The van der Waals surface area contributed by atoms with Crippen LogP contribution in [0.25, 0.3) is 0 Å². The third-order valence-corrected chi connectivity index (χ3v) is 3.20. The van der Waals surface area contributed by atoms with E-state index in [4.69, 9.17) is 39.5 Å². The molecule has 0 saturated heterocycles. The van der Waals surface area contributed by atoms with Crippen LogP contribution in [-0.4, -0.2) is 15.9 Å². The number of rotatable bonds is 7. The van der Waals surface area contributed by atoms with Gasteiger partial charge < -0.3 is 10.1 Å². The Balaban J connectivity index is 2.55. The number of alkyl halides is 3. The summed E-state index contributed by atoms with van der Waals surface area (Å²) >= 11 is 17.5. The Morgan fingerprint density at radius 3 is 2.50 bits per heavy atom. The summed E-state index contributed by atoms with van der Waals surface area (Å²) in [6, 6.07) is 9.48. The predicted octanol–water partition coefficient (Wildman–Crippen LogP) is 4.21. The monoisotopic (exact) mass is 337 g/mol. The Hall–Kier alpha value is -0.480. The third kappa shape index (κ3) is 6.80. The Morgan fingerprint density at radius 2 is 1.95 bits per heavy atom. The standard InChI is InChI=1S/C14H18Cl3NO2/c1-2-3-9-12(19)18-13(14(15,16)17)20-10-11-7-5-4-6-8-11/h4-8,13H,2-3,9-10H2,1H3,(H,18,19). The minimum atomic E-state index is -1.71. The van der Waals surface area contributed by atoms with Crippen molar-refractivity contribution in [1.82, 2.24) is 5.32 Å². The molecule has 0 aliphatic heterocycles. The van der Waals surface area contributed by atoms with Crippen molar-refractivity contribution < 1.29 is 9.53 Å². The van der Waals surface area contributed by atoms with Gasteiger partial charge in [0.2, 0.25) is 9.70 Å². The molecule has 112 valence electrons. The van der Waals surface area contributed by atoms with Gasteiger partial charge in [-0.2, -0.15) is 0 Å². The van der Waals surface area contributed by atoms with Crippen molar-refractivity contribution in [3.8, 4) is 0 Å². The van der Waals surface area contributed by atoms with Gasteiger partial charge in [0.1, 0.15) is 0 Å². The zero-order chi connectivity index (χ0) is 15.0. The molecule has 0 saturated carbocycles. The van der Waals surface area contributed by atoms with Gasteiger partial charge in [0.25, 0.3) is 0 Å². The van der Waals surface area contributed by atoms with E-state index in [9.17, 15) is 4.79 Å². The van der Waals surface area contributed by atoms with Gasteiger partial charge in [-0.3, -0.25) is 4.79 Å². The van der Waals surface area contributed by atoms with E-state index < -0.39 is 10.0 Å². The lowest BCUT2D eigenvalue weighted by Crippen LogP contribution is -2.45. The highest BCUT2D eigenvalue weighted by Crippen LogP contribution is 2.31. The van der Waals surface area contributed by atoms with E-state index in [1.807, 2.05) is 37.3 Å². The Bertz CT molecular complexity index is 407. The fraction of sp³-hybridized carbons (Fsp3) is 0.500. The number of carbonyl (C=O) groups excluding carboxylic acids is 1. The summed E-state index contributed by atoms with van der Waals surface area (Å²) in [5.41, 5.74) is 0.939. The highest BCUT2D eigenvalue weighted by molar-refractivity contribution is 6.68. The molecule has 0 spiro atoms. The smallest absolute Gasteiger partial charge is 0.234 e. The minimum Gasteiger partial charge on any atom is -0.349 e. The first-order chi connectivity index (χ1) is 9.43. The Labute approximate surface area is 134 Å². The zero-order valence-corrected chi connectivity index (χ0v) is 13.5. The number of benzene rings is 1. The van der Waals surface area contributed by atoms with E-state index in [-0.39, 0.29) is 12.5 Å². The van der Waals surface area contributed by atoms with E-state index >= 15 is 0 Å². The van der Waals surface area contributed by atoms with Crippen molar-refractivity contribution in [1.29, 1.82) is 0 Å². The number of hydrogen-bond donors (Lipinski definition) is 1. The maximum absolute atomic E-state index is 11.7. The van der Waals surface area contributed by atoms with Crippen LogP contribution in [0, 0.1) is 0 Å². The molecule has 0 heterocycles. The average molecular weight is 339 g/mol. The van der Waals surface area contributed by atoms with Gasteiger partial charge in [0.05, 0.1) is 6.61 Å². The largest absolute Gasteiger partial charge is 0.349 e. The molecule has 1 N–H and O–H groups in total. The molecular formula is C14H18Cl3NO2. The summed E-state index contributed by atoms with van der Waals surface area (Å²) in [4.78, 5) is 11.7. The number of amides is 1. The van der Waals surface area contributed by atoms with Crippen LogP contribution in [0.1, 0.15) is 31.7 Å². The fourth-order valence-electron chi connectivity index (χ4n) is 1.53. The molecule has 0 aliphatic rings. The molecular weight excluding hydrogens is 321 g/mol. The van der Waals surface area contributed by atoms with Gasteiger partial charge >= 0.3 is 0 Å². The van der Waals surface area contributed by atoms with E-state index in [1.165, 1.54) is 0 Å². The molecule has 0 fully saturated rings. The lowest BCUT2D eigenvalue weighted by Gasteiger charge is -2.25. The molecule has 3 nitrogen and oxygen atoms in total. The van der Waals surface area contributed by atoms with Gasteiger partial charge in [-0.25, -0.2) is 0 Å². The highest BCUT2D eigenvalue weighted by atomic mass is 35.6. The summed E-state index contributed by atoms with van der Waals surface area (Å²) < 4.78 is 3.80. The van der Waals surface area contributed by atoms with Crippen molar-refractivity contribution in [2.24, 2.45) is 0 Å². The number of nitrogens with one attached hydrogen (secondary N) is 1. The zero-order valence-electron chi connectivity index (χ0n) is 11.2. The lowest BCUT2D eigenvalue weighted by molar-refractivity contribution is -0.126. The van der Waals surface area contributed by atoms with E-state index in [0.29, 0.717) is 6.42 Å². The van der Waals surface area contributed by atoms with Crippen molar-refractivity contribution in [2.45, 2.75) is 42.8 Å². The molecule has 0 aromatic heterocycles. The van der Waals surface area contributed by atoms with E-state index in [1.54, 1.807) is 0 Å². The molecule has 1 atom stereocenters. The van der Waals surface area contributed by atoms with Crippen molar-refractivity contribution in [3.05, 3.63) is 35.9 Å². The number of unbranched alkanes of at least 4 members (excludes halogenated alkanes) is 1. The number of carbonyl (C=O) groups is 1. The molecule has 6 heteroatoms. The van der Waals surface area contributed by atoms with Crippen LogP contribution >= 0.6 is 34.8 Å². The molecule has 1 aromatic rings. The quantitative estimate of drug-likeness (QED) is 0.597. The van der Waals surface area contributed by atoms with E-state index in [0.717, 1.165) is 18.4 Å². The van der Waals surface area contributed by atoms with E-state index in [2.05, 4.69) is 5.32 Å². The first kappa shape index (κ1) is 17.6. The van der Waals surface area contributed by atoms with Crippen LogP contribution in [0.4, 0.5) is 0 Å². The molecule has 0 radical (unpaired) electrons. The Morgan fingerprint density at radius 1 is 1.30 bits per heavy atom. The second kappa shape index (κ2) is 8.73. The van der Waals surface area contributed by atoms with Gasteiger partial charge in [-0.15, -0.1) is 0 Å². The van der Waals surface area contributed by atoms with Crippen molar-refractivity contribution in [2.75, 3.05) is 0 Å². The maximum atomic E-state index is 11.7. The second-order valence-corrected chi connectivity index (χ2v) is 6.76. The van der Waals surface area contributed by atoms with Gasteiger partial charge in [-0.05, 0) is 12.0 Å². The maximum Gasteiger partial charge on any atom is 0.234 e. The van der Waals surface area contributed by atoms with Crippen LogP contribution in [0.15, 0.2) is 30.3 Å². The first-order valence-electron chi connectivity index (χ1n) is 6.45. The Kier molecular flexibility index (Phi) is 7.67. The number of halogens is 3. The molecule has 20 heavy (non-hydrogen) atoms. The van der Waals surface area contributed by atoms with Crippen LogP contribution in [0.3, 0.4) is 0 Å². The lowest BCUT2D eigenvalue weighted by atomic mass is 10.2. The third-order valence-electron chi connectivity index (χ3n) is 2.61. The molecule has 0 bridgehead atoms. The van der Waals surface area contributed by atoms with Crippen molar-refractivity contribution in [3.63, 3.8) is 0 Å². The summed E-state index contributed by atoms with van der Waals surface area (Å²) in [5, 5.41) is 2.61. The summed E-state index contributed by atoms with van der Waals surface area (Å²) in [7, 11) is 0. The van der Waals surface area contributed by atoms with Gasteiger partial charge in [-0.1, -0.05) is 78.5 Å². The van der Waals surface area contributed by atoms with Gasteiger partial charge in [0.15, 0.2) is 6.23 Å². The number of ether oxygens (including phenoxy) is 1. The molecule has 1 rings (SSSR count). The fourth-order valence-corrected chi connectivity index (χ4v) is 1.88. The van der Waals surface area contributed by atoms with Gasteiger partial charge in [0, 0.05) is 6.42 Å². The second-order valence-electron chi connectivity index (χ2n) is 4.39. The van der Waals surface area contributed by atoms with Crippen LogP contribution < -0.4 is 5.32 Å². The first-order valence-corrected chi connectivity index (χ1v) is 7.58. The van der Waals surface area contributed by atoms with Crippen LogP contribution in [0.5, 0.6) is 0 Å². The SMILES string of the molecule is CCCCC(=O)NC(OCc1ccccc1)C(Cl)(Cl)Cl. The summed E-state index contributed by atoms with van der Waals surface area (Å²) in [5.74, 6) is -0.184. The normalized spacial score (nSPS) is 13.0. The topological polar surface area (TPSA) is 38.3 Å². The molecule has 1 aromatic carbocycles.